The predicted molar refractivity (Wildman–Crippen MR) is 83.6 cm³/mol. The summed E-state index contributed by atoms with van der Waals surface area (Å²) in [5, 5.41) is 0.646. The number of aromatic nitrogens is 2. The zero-order chi connectivity index (χ0) is 15.5. The molecule has 7 heteroatoms. The van der Waals surface area contributed by atoms with Crippen LogP contribution in [0.2, 0.25) is 5.15 Å². The molecule has 0 bridgehead atoms. The normalized spacial score (nSPS) is 23.7. The average molecular weight is 327 g/mol. The van der Waals surface area contributed by atoms with E-state index in [-0.39, 0.29) is 11.8 Å². The number of imidazole rings is 1. The average Bonchev–Trinajstić information content (AvgIpc) is 2.87. The third kappa shape index (κ3) is 3.45. The molecule has 0 aliphatic carbocycles. The Morgan fingerprint density at radius 1 is 1.41 bits per heavy atom. The van der Waals surface area contributed by atoms with Crippen LogP contribution in [0, 0.1) is 5.92 Å². The summed E-state index contributed by atoms with van der Waals surface area (Å²) in [7, 11) is 1.92. The topological polar surface area (TPSA) is 50.6 Å². The molecule has 1 amide bonds. The van der Waals surface area contributed by atoms with Crippen LogP contribution in [0.1, 0.15) is 18.7 Å². The Labute approximate surface area is 136 Å². The highest BCUT2D eigenvalue weighted by atomic mass is 35.5. The van der Waals surface area contributed by atoms with Crippen LogP contribution in [-0.2, 0) is 23.1 Å². The van der Waals surface area contributed by atoms with Gasteiger partial charge in [0, 0.05) is 26.7 Å². The van der Waals surface area contributed by atoms with Crippen molar-refractivity contribution < 1.29 is 9.53 Å². The van der Waals surface area contributed by atoms with E-state index < -0.39 is 0 Å². The van der Waals surface area contributed by atoms with Gasteiger partial charge in [-0.15, -0.1) is 0 Å². The molecule has 3 heterocycles. The van der Waals surface area contributed by atoms with Gasteiger partial charge in [0.1, 0.15) is 11.0 Å². The van der Waals surface area contributed by atoms with Crippen LogP contribution in [0.15, 0.2) is 6.20 Å². The molecule has 22 heavy (non-hydrogen) atoms. The van der Waals surface area contributed by atoms with Crippen molar-refractivity contribution in [2.24, 2.45) is 13.0 Å². The molecule has 122 valence electrons. The fourth-order valence-corrected chi connectivity index (χ4v) is 3.36. The highest BCUT2D eigenvalue weighted by molar-refractivity contribution is 6.29. The van der Waals surface area contributed by atoms with Crippen molar-refractivity contribution in [2.75, 3.05) is 39.4 Å². The van der Waals surface area contributed by atoms with Crippen LogP contribution < -0.4 is 0 Å². The van der Waals surface area contributed by atoms with Gasteiger partial charge >= 0.3 is 0 Å². The highest BCUT2D eigenvalue weighted by Crippen LogP contribution is 2.21. The van der Waals surface area contributed by atoms with Crippen molar-refractivity contribution >= 4 is 17.5 Å². The quantitative estimate of drug-likeness (QED) is 0.836. The number of nitrogens with zero attached hydrogens (tertiary/aromatic N) is 4. The van der Waals surface area contributed by atoms with Crippen LogP contribution in [-0.4, -0.2) is 64.7 Å². The first-order valence-electron chi connectivity index (χ1n) is 7.90. The van der Waals surface area contributed by atoms with E-state index in [0.29, 0.717) is 18.4 Å². The highest BCUT2D eigenvalue weighted by Gasteiger charge is 2.30. The lowest BCUT2D eigenvalue weighted by molar-refractivity contribution is -0.141. The van der Waals surface area contributed by atoms with Crippen LogP contribution in [0.4, 0.5) is 0 Å². The van der Waals surface area contributed by atoms with Gasteiger partial charge in [-0.25, -0.2) is 4.98 Å². The zero-order valence-electron chi connectivity index (χ0n) is 13.0. The number of morpholine rings is 1. The van der Waals surface area contributed by atoms with Crippen molar-refractivity contribution in [3.05, 3.63) is 17.2 Å². The van der Waals surface area contributed by atoms with Crippen LogP contribution in [0.25, 0.3) is 0 Å². The summed E-state index contributed by atoms with van der Waals surface area (Å²) < 4.78 is 7.22. The van der Waals surface area contributed by atoms with Crippen LogP contribution in [0.3, 0.4) is 0 Å². The van der Waals surface area contributed by atoms with E-state index in [4.69, 9.17) is 16.3 Å². The van der Waals surface area contributed by atoms with E-state index in [9.17, 15) is 4.79 Å². The Hall–Kier alpha value is -1.11. The molecule has 2 aliphatic rings. The van der Waals surface area contributed by atoms with Gasteiger partial charge in [0.15, 0.2) is 0 Å². The van der Waals surface area contributed by atoms with E-state index in [1.807, 2.05) is 16.5 Å². The summed E-state index contributed by atoms with van der Waals surface area (Å²) in [4.78, 5) is 21.2. The number of hydrogen-bond donors (Lipinski definition) is 0. The Kier molecular flexibility index (Phi) is 5.00. The molecule has 0 saturated carbocycles. The van der Waals surface area contributed by atoms with Gasteiger partial charge in [0.25, 0.3) is 0 Å². The number of carbonyl (C=O) groups excluding carboxylic acids is 1. The maximum atomic E-state index is 12.6. The van der Waals surface area contributed by atoms with Crippen molar-refractivity contribution in [1.29, 1.82) is 0 Å². The van der Waals surface area contributed by atoms with Crippen molar-refractivity contribution in [3.8, 4) is 0 Å². The molecule has 6 nitrogen and oxygen atoms in total. The molecule has 2 fully saturated rings. The van der Waals surface area contributed by atoms with Crippen LogP contribution in [0.5, 0.6) is 0 Å². The molecule has 2 saturated heterocycles. The molecular weight excluding hydrogens is 304 g/mol. The maximum absolute atomic E-state index is 12.6. The molecular formula is C15H23ClN4O2. The van der Waals surface area contributed by atoms with Crippen molar-refractivity contribution in [2.45, 2.75) is 19.4 Å². The second-order valence-corrected chi connectivity index (χ2v) is 6.46. The smallest absolute Gasteiger partial charge is 0.227 e. The van der Waals surface area contributed by atoms with E-state index in [2.05, 4.69) is 9.88 Å². The first-order chi connectivity index (χ1) is 10.6. The Bertz CT molecular complexity index is 528. The van der Waals surface area contributed by atoms with Gasteiger partial charge in [-0.2, -0.15) is 0 Å². The molecule has 1 aromatic rings. The second-order valence-electron chi connectivity index (χ2n) is 6.07. The second kappa shape index (κ2) is 6.98. The lowest BCUT2D eigenvalue weighted by atomic mass is 9.96. The van der Waals surface area contributed by atoms with Gasteiger partial charge in [-0.1, -0.05) is 11.6 Å². The minimum absolute atomic E-state index is 0.0996. The number of rotatable bonds is 3. The van der Waals surface area contributed by atoms with Gasteiger partial charge in [-0.3, -0.25) is 9.69 Å². The lowest BCUT2D eigenvalue weighted by Gasteiger charge is -2.36. The summed E-state index contributed by atoms with van der Waals surface area (Å²) in [6, 6.07) is 0. The summed E-state index contributed by atoms with van der Waals surface area (Å²) in [5.41, 5.74) is 0. The molecule has 0 aromatic carbocycles. The Morgan fingerprint density at radius 3 is 2.86 bits per heavy atom. The number of amides is 1. The first-order valence-corrected chi connectivity index (χ1v) is 8.28. The SMILES string of the molecule is Cn1c(Cl)cnc1CN1CCCC(C(=O)N2CCOCC2)C1. The standard InChI is InChI=1S/C15H23ClN4O2/c1-18-13(16)9-17-14(18)11-19-4-2-3-12(10-19)15(21)20-5-7-22-8-6-20/h9,12H,2-8,10-11H2,1H3. The summed E-state index contributed by atoms with van der Waals surface area (Å²) in [5.74, 6) is 1.33. The predicted octanol–water partition coefficient (Wildman–Crippen LogP) is 1.14. The molecule has 1 atom stereocenters. The Morgan fingerprint density at radius 2 is 2.18 bits per heavy atom. The third-order valence-electron chi connectivity index (χ3n) is 4.57. The number of hydrogen-bond acceptors (Lipinski definition) is 4. The van der Waals surface area contributed by atoms with Gasteiger partial charge < -0.3 is 14.2 Å². The number of ether oxygens (including phenoxy) is 1. The zero-order valence-corrected chi connectivity index (χ0v) is 13.8. The summed E-state index contributed by atoms with van der Waals surface area (Å²) >= 11 is 6.04. The molecule has 0 radical (unpaired) electrons. The van der Waals surface area contributed by atoms with E-state index >= 15 is 0 Å². The monoisotopic (exact) mass is 326 g/mol. The molecule has 3 rings (SSSR count). The molecule has 0 spiro atoms. The fraction of sp³-hybridized carbons (Fsp3) is 0.733. The van der Waals surface area contributed by atoms with Gasteiger partial charge in [-0.05, 0) is 19.4 Å². The van der Waals surface area contributed by atoms with E-state index in [1.54, 1.807) is 6.20 Å². The Balaban J connectivity index is 1.59. The number of piperidine rings is 1. The lowest BCUT2D eigenvalue weighted by Crippen LogP contribution is -2.48. The number of likely N-dealkylation sites (tertiary alicyclic amines) is 1. The minimum atomic E-state index is 0.0996. The summed E-state index contributed by atoms with van der Waals surface area (Å²) in [6.45, 7) is 5.34. The number of carbonyl (C=O) groups is 1. The van der Waals surface area contributed by atoms with Crippen molar-refractivity contribution in [1.82, 2.24) is 19.4 Å². The molecule has 2 aliphatic heterocycles. The van der Waals surface area contributed by atoms with Gasteiger partial charge in [0.2, 0.25) is 5.91 Å². The number of halogens is 1. The largest absolute Gasteiger partial charge is 0.378 e. The van der Waals surface area contributed by atoms with Crippen LogP contribution >= 0.6 is 11.6 Å². The first kappa shape index (κ1) is 15.8. The maximum Gasteiger partial charge on any atom is 0.227 e. The molecule has 0 N–H and O–H groups in total. The third-order valence-corrected chi connectivity index (χ3v) is 4.92. The molecule has 1 aromatic heterocycles. The minimum Gasteiger partial charge on any atom is -0.378 e. The molecule has 1 unspecified atom stereocenters. The van der Waals surface area contributed by atoms with Gasteiger partial charge in [0.05, 0.1) is 31.9 Å². The summed E-state index contributed by atoms with van der Waals surface area (Å²) in [6.07, 6.45) is 3.71. The van der Waals surface area contributed by atoms with E-state index in [0.717, 1.165) is 51.4 Å². The van der Waals surface area contributed by atoms with E-state index in [1.165, 1.54) is 0 Å². The fourth-order valence-electron chi connectivity index (χ4n) is 3.21. The van der Waals surface area contributed by atoms with Crippen molar-refractivity contribution in [3.63, 3.8) is 0 Å².